The van der Waals surface area contributed by atoms with Gasteiger partial charge in [-0.1, -0.05) is 172 Å². The molecule has 0 aliphatic heterocycles. The molecule has 10 rings (SSSR count). The van der Waals surface area contributed by atoms with Gasteiger partial charge in [0.15, 0.2) is 5.82 Å². The average Bonchev–Trinajstić information content (AvgIpc) is 3.45. The van der Waals surface area contributed by atoms with Crippen molar-refractivity contribution in [3.05, 3.63) is 193 Å². The second kappa shape index (κ2) is 12.3. The lowest BCUT2D eigenvalue weighted by Crippen LogP contribution is -2.14. The molecule has 0 unspecified atom stereocenters. The first kappa shape index (κ1) is 31.1. The Labute approximate surface area is 310 Å². The molecular formula is C51H36N2. The minimum Gasteiger partial charge on any atom is -0.228 e. The van der Waals surface area contributed by atoms with Gasteiger partial charge in [0.1, 0.15) is 0 Å². The fourth-order valence-electron chi connectivity index (χ4n) is 8.31. The van der Waals surface area contributed by atoms with Crippen LogP contribution in [0.5, 0.6) is 0 Å². The van der Waals surface area contributed by atoms with E-state index in [9.17, 15) is 0 Å². The molecule has 0 saturated heterocycles. The van der Waals surface area contributed by atoms with Crippen LogP contribution in [0.2, 0.25) is 0 Å². The molecule has 1 aliphatic rings. The molecule has 1 aliphatic carbocycles. The van der Waals surface area contributed by atoms with Gasteiger partial charge in [0.25, 0.3) is 0 Å². The van der Waals surface area contributed by atoms with Crippen molar-refractivity contribution in [3.8, 4) is 67.3 Å². The Kier molecular flexibility index (Phi) is 7.19. The van der Waals surface area contributed by atoms with E-state index in [1.54, 1.807) is 0 Å². The van der Waals surface area contributed by atoms with Crippen LogP contribution in [0.1, 0.15) is 25.0 Å². The topological polar surface area (TPSA) is 25.8 Å². The summed E-state index contributed by atoms with van der Waals surface area (Å²) in [4.78, 5) is 10.6. The van der Waals surface area contributed by atoms with Crippen molar-refractivity contribution in [2.75, 3.05) is 0 Å². The van der Waals surface area contributed by atoms with Crippen molar-refractivity contribution in [1.82, 2.24) is 9.97 Å². The number of hydrogen-bond donors (Lipinski definition) is 0. The molecule has 1 heterocycles. The Balaban J connectivity index is 1.13. The Morgan fingerprint density at radius 3 is 1.72 bits per heavy atom. The molecule has 0 spiro atoms. The van der Waals surface area contributed by atoms with E-state index in [2.05, 4.69) is 196 Å². The number of hydrogen-bond acceptors (Lipinski definition) is 2. The molecule has 8 aromatic carbocycles. The van der Waals surface area contributed by atoms with Crippen molar-refractivity contribution >= 4 is 21.5 Å². The van der Waals surface area contributed by atoms with Gasteiger partial charge in [0.05, 0.1) is 11.4 Å². The van der Waals surface area contributed by atoms with Gasteiger partial charge in [-0.2, -0.15) is 0 Å². The fourth-order valence-corrected chi connectivity index (χ4v) is 8.31. The Hall–Kier alpha value is -6.64. The van der Waals surface area contributed by atoms with E-state index in [0.717, 1.165) is 33.5 Å². The van der Waals surface area contributed by atoms with Crippen LogP contribution in [0.25, 0.3) is 88.8 Å². The molecule has 0 atom stereocenters. The summed E-state index contributed by atoms with van der Waals surface area (Å²) in [5.74, 6) is 0.713. The second-order valence-corrected chi connectivity index (χ2v) is 14.6. The van der Waals surface area contributed by atoms with Gasteiger partial charge in [-0.15, -0.1) is 0 Å². The summed E-state index contributed by atoms with van der Waals surface area (Å²) in [5.41, 5.74) is 15.1. The van der Waals surface area contributed by atoms with Crippen LogP contribution >= 0.6 is 0 Å². The summed E-state index contributed by atoms with van der Waals surface area (Å²) in [5, 5.41) is 4.72. The second-order valence-electron chi connectivity index (χ2n) is 14.6. The first-order valence-electron chi connectivity index (χ1n) is 18.3. The molecule has 0 N–H and O–H groups in total. The van der Waals surface area contributed by atoms with E-state index in [-0.39, 0.29) is 5.41 Å². The zero-order chi connectivity index (χ0) is 35.5. The maximum Gasteiger partial charge on any atom is 0.161 e. The molecule has 0 fully saturated rings. The lowest BCUT2D eigenvalue weighted by atomic mass is 9.82. The van der Waals surface area contributed by atoms with Crippen LogP contribution in [0.3, 0.4) is 0 Å². The highest BCUT2D eigenvalue weighted by molar-refractivity contribution is 6.05. The van der Waals surface area contributed by atoms with Crippen LogP contribution in [0.4, 0.5) is 0 Å². The number of rotatable bonds is 5. The highest BCUT2D eigenvalue weighted by atomic mass is 14.9. The van der Waals surface area contributed by atoms with Gasteiger partial charge >= 0.3 is 0 Å². The maximum atomic E-state index is 5.30. The molecule has 2 nitrogen and oxygen atoms in total. The smallest absolute Gasteiger partial charge is 0.161 e. The number of fused-ring (bicyclic) bond motifs is 5. The quantitative estimate of drug-likeness (QED) is 0.181. The van der Waals surface area contributed by atoms with E-state index >= 15 is 0 Å². The van der Waals surface area contributed by atoms with E-state index in [1.807, 2.05) is 0 Å². The highest BCUT2D eigenvalue weighted by Crippen LogP contribution is 2.50. The van der Waals surface area contributed by atoms with Crippen LogP contribution in [-0.2, 0) is 5.41 Å². The molecule has 250 valence electrons. The van der Waals surface area contributed by atoms with Crippen molar-refractivity contribution < 1.29 is 0 Å². The molecule has 0 radical (unpaired) electrons. The van der Waals surface area contributed by atoms with Crippen molar-refractivity contribution in [2.24, 2.45) is 0 Å². The van der Waals surface area contributed by atoms with E-state index in [0.29, 0.717) is 5.82 Å². The summed E-state index contributed by atoms with van der Waals surface area (Å²) in [7, 11) is 0. The normalized spacial score (nSPS) is 12.9. The van der Waals surface area contributed by atoms with Crippen LogP contribution in [0.15, 0.2) is 182 Å². The lowest BCUT2D eigenvalue weighted by molar-refractivity contribution is 0.660. The predicted molar refractivity (Wildman–Crippen MR) is 222 cm³/mol. The summed E-state index contributed by atoms with van der Waals surface area (Å²) in [6.07, 6.45) is 0. The zero-order valence-corrected chi connectivity index (χ0v) is 29.7. The van der Waals surface area contributed by atoms with Gasteiger partial charge in [-0.3, -0.25) is 0 Å². The van der Waals surface area contributed by atoms with Gasteiger partial charge in [-0.25, -0.2) is 9.97 Å². The Morgan fingerprint density at radius 1 is 0.340 bits per heavy atom. The molecule has 1 aromatic heterocycles. The number of aromatic nitrogens is 2. The molecule has 0 bridgehead atoms. The van der Waals surface area contributed by atoms with E-state index in [1.165, 1.54) is 60.7 Å². The first-order chi connectivity index (χ1) is 26.0. The maximum absolute atomic E-state index is 5.30. The zero-order valence-electron chi connectivity index (χ0n) is 29.7. The third-order valence-corrected chi connectivity index (χ3v) is 11.1. The van der Waals surface area contributed by atoms with E-state index in [4.69, 9.17) is 9.97 Å². The van der Waals surface area contributed by atoms with E-state index < -0.39 is 0 Å². The van der Waals surface area contributed by atoms with Crippen LogP contribution < -0.4 is 0 Å². The number of benzene rings is 8. The van der Waals surface area contributed by atoms with Gasteiger partial charge < -0.3 is 0 Å². The van der Waals surface area contributed by atoms with Gasteiger partial charge in [0, 0.05) is 22.1 Å². The van der Waals surface area contributed by atoms with Crippen molar-refractivity contribution in [1.29, 1.82) is 0 Å². The molecule has 2 heteroatoms. The standard InChI is InChI=1S/C51H36N2/c1-51(2)46-19-11-10-18-43(46)45-31-38(26-29-47(45)51)40-27-28-44(42-17-9-8-16-41(40)42)50-52-48(36-23-20-35(21-24-36)33-12-4-3-5-13-33)32-49(53-50)39-25-22-34-14-6-7-15-37(34)30-39/h3-32H,1-2H3. The van der Waals surface area contributed by atoms with Crippen LogP contribution in [-0.4, -0.2) is 9.97 Å². The fraction of sp³-hybridized carbons (Fsp3) is 0.0588. The largest absolute Gasteiger partial charge is 0.228 e. The minimum atomic E-state index is -0.0245. The lowest BCUT2D eigenvalue weighted by Gasteiger charge is -2.21. The molecule has 53 heavy (non-hydrogen) atoms. The Morgan fingerprint density at radius 2 is 0.906 bits per heavy atom. The monoisotopic (exact) mass is 676 g/mol. The third kappa shape index (κ3) is 5.26. The van der Waals surface area contributed by atoms with Gasteiger partial charge in [-0.05, 0) is 90.3 Å². The summed E-state index contributed by atoms with van der Waals surface area (Å²) in [6.45, 7) is 4.67. The summed E-state index contributed by atoms with van der Waals surface area (Å²) in [6, 6.07) is 65.4. The van der Waals surface area contributed by atoms with Crippen LogP contribution in [0, 0.1) is 0 Å². The summed E-state index contributed by atoms with van der Waals surface area (Å²) < 4.78 is 0. The molecule has 0 saturated carbocycles. The first-order valence-corrected chi connectivity index (χ1v) is 18.3. The third-order valence-electron chi connectivity index (χ3n) is 11.1. The number of nitrogens with zero attached hydrogens (tertiary/aromatic N) is 2. The van der Waals surface area contributed by atoms with Gasteiger partial charge in [0.2, 0.25) is 0 Å². The average molecular weight is 677 g/mol. The van der Waals surface area contributed by atoms with Crippen molar-refractivity contribution in [3.63, 3.8) is 0 Å². The SMILES string of the molecule is CC1(C)c2ccccc2-c2cc(-c3ccc(-c4nc(-c5ccc(-c6ccccc6)cc5)cc(-c5ccc6ccccc6c5)n4)c4ccccc34)ccc21. The molecule has 0 amide bonds. The van der Waals surface area contributed by atoms with Crippen molar-refractivity contribution in [2.45, 2.75) is 19.3 Å². The predicted octanol–water partition coefficient (Wildman–Crippen LogP) is 13.4. The Bertz CT molecular complexity index is 2850. The minimum absolute atomic E-state index is 0.0245. The molecule has 9 aromatic rings. The summed E-state index contributed by atoms with van der Waals surface area (Å²) >= 11 is 0. The highest BCUT2D eigenvalue weighted by Gasteiger charge is 2.35. The molecular weight excluding hydrogens is 641 g/mol.